The van der Waals surface area contributed by atoms with Crippen LogP contribution in [0, 0.1) is 11.4 Å². The number of unbranched alkanes of at least 4 members (excludes halogenated alkanes) is 9. The van der Waals surface area contributed by atoms with Gasteiger partial charge in [-0.3, -0.25) is 4.79 Å². The summed E-state index contributed by atoms with van der Waals surface area (Å²) in [6.07, 6.45) is 13.9. The minimum Gasteiger partial charge on any atom is -0.481 e. The molecule has 0 fully saturated rings. The molecule has 8 heteroatoms. The molecule has 2 N–H and O–H groups in total. The maximum atomic E-state index is 11.2. The molecule has 1 unspecified atom stereocenters. The molecule has 0 aromatic carbocycles. The molecule has 0 rings (SSSR count). The van der Waals surface area contributed by atoms with Crippen LogP contribution in [0.3, 0.4) is 0 Å². The van der Waals surface area contributed by atoms with Gasteiger partial charge in [-0.25, -0.2) is 0 Å². The van der Waals surface area contributed by atoms with Crippen molar-refractivity contribution >= 4 is 12.4 Å². The van der Waals surface area contributed by atoms with Gasteiger partial charge in [0.25, 0.3) is 0 Å². The van der Waals surface area contributed by atoms with E-state index in [2.05, 4.69) is 27.7 Å². The third kappa shape index (κ3) is 15.1. The van der Waals surface area contributed by atoms with E-state index < -0.39 is 11.9 Å². The highest BCUT2D eigenvalue weighted by Gasteiger charge is 2.17. The summed E-state index contributed by atoms with van der Waals surface area (Å²) in [6.45, 7) is 2.28. The third-order valence-corrected chi connectivity index (χ3v) is 3.81. The number of hydrogen-bond acceptors (Lipinski definition) is 4. The number of ether oxygens (including phenoxy) is 1. The average Bonchev–Trinajstić information content (AvgIpc) is 2.57. The standard InChI is InChI=1S/C16H31N5O3/c1-2-3-4-5-6-7-8-9-10-11-12-15(16(22)23)13-24-14-18-20-21-19-17/h14-15,17H,2-13H2,1H3,(H,22,23)/b18-14+,19-17?,21-20+. The van der Waals surface area contributed by atoms with Crippen LogP contribution in [0.15, 0.2) is 20.8 Å². The van der Waals surface area contributed by atoms with E-state index in [-0.39, 0.29) is 6.61 Å². The van der Waals surface area contributed by atoms with Crippen molar-refractivity contribution in [1.82, 2.24) is 0 Å². The van der Waals surface area contributed by atoms with E-state index in [1.165, 1.54) is 51.4 Å². The van der Waals surface area contributed by atoms with Gasteiger partial charge in [0.05, 0.1) is 5.92 Å². The van der Waals surface area contributed by atoms with E-state index >= 15 is 0 Å². The monoisotopic (exact) mass is 341 g/mol. The lowest BCUT2D eigenvalue weighted by atomic mass is 10.0. The largest absolute Gasteiger partial charge is 0.481 e. The molecule has 0 aromatic rings. The van der Waals surface area contributed by atoms with Gasteiger partial charge in [0.2, 0.25) is 0 Å². The molecule has 24 heavy (non-hydrogen) atoms. The Balaban J connectivity index is 3.61. The first-order chi connectivity index (χ1) is 11.7. The highest BCUT2D eigenvalue weighted by molar-refractivity contribution is 5.70. The van der Waals surface area contributed by atoms with Crippen LogP contribution in [0.4, 0.5) is 0 Å². The SMILES string of the molecule is CCCCCCCCCCCCC(CO/C=N/N=N/N=N)C(=O)O. The maximum absolute atomic E-state index is 11.2. The van der Waals surface area contributed by atoms with Crippen LogP contribution in [-0.4, -0.2) is 24.1 Å². The molecule has 0 bridgehead atoms. The highest BCUT2D eigenvalue weighted by Crippen LogP contribution is 2.14. The first-order valence-electron chi connectivity index (χ1n) is 8.85. The molecule has 1 atom stereocenters. The number of rotatable bonds is 17. The first-order valence-corrected chi connectivity index (χ1v) is 8.85. The molecule has 8 nitrogen and oxygen atoms in total. The van der Waals surface area contributed by atoms with Gasteiger partial charge in [-0.15, -0.1) is 0 Å². The summed E-state index contributed by atoms with van der Waals surface area (Å²) >= 11 is 0. The Hall–Kier alpha value is -1.86. The summed E-state index contributed by atoms with van der Waals surface area (Å²) in [6, 6.07) is 0. The van der Waals surface area contributed by atoms with Crippen LogP contribution in [0.25, 0.3) is 0 Å². The fourth-order valence-corrected chi connectivity index (χ4v) is 2.41. The molecule has 138 valence electrons. The van der Waals surface area contributed by atoms with Gasteiger partial charge in [-0.05, 0) is 22.1 Å². The van der Waals surface area contributed by atoms with Crippen molar-refractivity contribution in [2.24, 2.45) is 26.7 Å². The van der Waals surface area contributed by atoms with Gasteiger partial charge in [0.15, 0.2) is 6.40 Å². The molecular weight excluding hydrogens is 310 g/mol. The molecule has 0 amide bonds. The van der Waals surface area contributed by atoms with Crippen molar-refractivity contribution in [3.63, 3.8) is 0 Å². The zero-order valence-electron chi connectivity index (χ0n) is 14.7. The second-order valence-corrected chi connectivity index (χ2v) is 5.84. The smallest absolute Gasteiger partial charge is 0.309 e. The lowest BCUT2D eigenvalue weighted by Gasteiger charge is -2.11. The van der Waals surface area contributed by atoms with E-state index in [0.29, 0.717) is 6.42 Å². The summed E-state index contributed by atoms with van der Waals surface area (Å²) in [5, 5.41) is 21.2. The van der Waals surface area contributed by atoms with E-state index in [1.54, 1.807) is 0 Å². The predicted octanol–water partition coefficient (Wildman–Crippen LogP) is 5.36. The van der Waals surface area contributed by atoms with Crippen LogP contribution in [0.1, 0.15) is 77.6 Å². The summed E-state index contributed by atoms with van der Waals surface area (Å²) in [4.78, 5) is 11.2. The Labute approximate surface area is 144 Å². The van der Waals surface area contributed by atoms with E-state index in [0.717, 1.165) is 19.2 Å². The topological polar surface area (TPSA) is 120 Å². The van der Waals surface area contributed by atoms with Crippen molar-refractivity contribution in [3.8, 4) is 0 Å². The molecule has 0 aliphatic rings. The molecule has 0 aromatic heterocycles. The molecule has 0 saturated carbocycles. The molecule has 0 aliphatic heterocycles. The number of aliphatic carboxylic acids is 1. The Morgan fingerprint density at radius 2 is 1.62 bits per heavy atom. The number of nitrogens with zero attached hydrogens (tertiary/aromatic N) is 4. The molecule has 0 heterocycles. The normalized spacial score (nSPS) is 12.7. The van der Waals surface area contributed by atoms with Gasteiger partial charge in [0, 0.05) is 0 Å². The van der Waals surface area contributed by atoms with Crippen LogP contribution in [0.2, 0.25) is 0 Å². The number of carbonyl (C=O) groups is 1. The van der Waals surface area contributed by atoms with Gasteiger partial charge >= 0.3 is 5.97 Å². The zero-order valence-corrected chi connectivity index (χ0v) is 14.7. The Kier molecular flexibility index (Phi) is 16.1. The van der Waals surface area contributed by atoms with Gasteiger partial charge in [-0.2, -0.15) is 5.53 Å². The van der Waals surface area contributed by atoms with Crippen molar-refractivity contribution in [1.29, 1.82) is 5.53 Å². The first kappa shape index (κ1) is 22.1. The van der Waals surface area contributed by atoms with Crippen LogP contribution >= 0.6 is 0 Å². The zero-order chi connectivity index (χ0) is 17.9. The van der Waals surface area contributed by atoms with Crippen LogP contribution in [0.5, 0.6) is 0 Å². The third-order valence-electron chi connectivity index (χ3n) is 3.81. The van der Waals surface area contributed by atoms with E-state index in [1.807, 2.05) is 0 Å². The summed E-state index contributed by atoms with van der Waals surface area (Å²) in [7, 11) is 0. The van der Waals surface area contributed by atoms with Crippen molar-refractivity contribution in [2.75, 3.05) is 6.61 Å². The molecule has 0 radical (unpaired) electrons. The van der Waals surface area contributed by atoms with Crippen molar-refractivity contribution < 1.29 is 14.6 Å². The van der Waals surface area contributed by atoms with Crippen LogP contribution in [-0.2, 0) is 9.53 Å². The Morgan fingerprint density at radius 1 is 1.04 bits per heavy atom. The summed E-state index contributed by atoms with van der Waals surface area (Å²) in [5.41, 5.74) is 6.35. The second-order valence-electron chi connectivity index (χ2n) is 5.84. The number of hydrogen-bond donors (Lipinski definition) is 2. The van der Waals surface area contributed by atoms with Gasteiger partial charge in [-0.1, -0.05) is 76.2 Å². The minimum atomic E-state index is -0.859. The van der Waals surface area contributed by atoms with E-state index in [9.17, 15) is 4.79 Å². The fourth-order valence-electron chi connectivity index (χ4n) is 2.41. The van der Waals surface area contributed by atoms with Gasteiger partial charge in [0.1, 0.15) is 6.61 Å². The lowest BCUT2D eigenvalue weighted by Crippen LogP contribution is -2.19. The second kappa shape index (κ2) is 17.5. The van der Waals surface area contributed by atoms with Crippen molar-refractivity contribution in [3.05, 3.63) is 0 Å². The molecule has 0 aliphatic carbocycles. The summed E-state index contributed by atoms with van der Waals surface area (Å²) < 4.78 is 5.02. The van der Waals surface area contributed by atoms with Crippen molar-refractivity contribution in [2.45, 2.75) is 77.6 Å². The molecule has 0 spiro atoms. The summed E-state index contributed by atoms with van der Waals surface area (Å²) in [5.74, 6) is -1.40. The van der Waals surface area contributed by atoms with Crippen LogP contribution < -0.4 is 0 Å². The average molecular weight is 341 g/mol. The Bertz CT molecular complexity index is 375. The highest BCUT2D eigenvalue weighted by atomic mass is 16.5. The number of carboxylic acid groups (broad SMARTS) is 1. The predicted molar refractivity (Wildman–Crippen MR) is 92.0 cm³/mol. The molecular formula is C16H31N5O3. The number of carboxylic acids is 1. The number of nitrogens with one attached hydrogen (secondary N) is 1. The fraction of sp³-hybridized carbons (Fsp3) is 0.875. The lowest BCUT2D eigenvalue weighted by molar-refractivity contribution is -0.143. The van der Waals surface area contributed by atoms with Gasteiger partial charge < -0.3 is 9.84 Å². The maximum Gasteiger partial charge on any atom is 0.309 e. The minimum absolute atomic E-state index is 0.0593. The quantitative estimate of drug-likeness (QED) is 0.122. The molecule has 0 saturated heterocycles. The Morgan fingerprint density at radius 3 is 2.17 bits per heavy atom. The van der Waals surface area contributed by atoms with E-state index in [4.69, 9.17) is 15.4 Å².